The van der Waals surface area contributed by atoms with E-state index in [1.54, 1.807) is 10.6 Å². The summed E-state index contributed by atoms with van der Waals surface area (Å²) in [7, 11) is 0. The quantitative estimate of drug-likeness (QED) is 0.697. The highest BCUT2D eigenvalue weighted by Crippen LogP contribution is 2.02. The van der Waals surface area contributed by atoms with Crippen molar-refractivity contribution in [3.05, 3.63) is 24.0 Å². The molecule has 1 N–H and O–H groups in total. The van der Waals surface area contributed by atoms with Crippen molar-refractivity contribution >= 4 is 5.97 Å². The number of rotatable bonds is 7. The second-order valence-corrected chi connectivity index (χ2v) is 4.63. The molecule has 1 rings (SSSR count). The lowest BCUT2D eigenvalue weighted by atomic mass is 10.2. The number of carbonyl (C=O) groups is 1. The molecule has 1 aliphatic heterocycles. The van der Waals surface area contributed by atoms with E-state index >= 15 is 0 Å². The van der Waals surface area contributed by atoms with Crippen LogP contribution in [0.25, 0.3) is 0 Å². The van der Waals surface area contributed by atoms with E-state index in [-0.39, 0.29) is 0 Å². The van der Waals surface area contributed by atoms with Gasteiger partial charge in [0, 0.05) is 18.5 Å². The fraction of sp³-hybridized carbons (Fsp3) is 0.667. The van der Waals surface area contributed by atoms with Gasteiger partial charge in [0.1, 0.15) is 5.70 Å². The van der Waals surface area contributed by atoms with Crippen molar-refractivity contribution in [1.29, 1.82) is 0 Å². The summed E-state index contributed by atoms with van der Waals surface area (Å²) in [6.07, 6.45) is 14.8. The molecule has 0 radical (unpaired) electrons. The summed E-state index contributed by atoms with van der Waals surface area (Å²) >= 11 is 0. The Morgan fingerprint density at radius 1 is 1.22 bits per heavy atom. The molecule has 3 nitrogen and oxygen atoms in total. The molecule has 0 aromatic rings. The summed E-state index contributed by atoms with van der Waals surface area (Å²) in [5.41, 5.74) is 1.59. The third kappa shape index (κ3) is 8.99. The molecule has 3 heteroatoms. The van der Waals surface area contributed by atoms with E-state index in [0.717, 1.165) is 6.92 Å². The van der Waals surface area contributed by atoms with Crippen molar-refractivity contribution < 1.29 is 14.8 Å². The summed E-state index contributed by atoms with van der Waals surface area (Å²) < 4.78 is 0. The zero-order valence-electron chi connectivity index (χ0n) is 12.0. The minimum atomic E-state index is -1.08. The zero-order chi connectivity index (χ0) is 13.8. The lowest BCUT2D eigenvalue weighted by molar-refractivity contribution is -0.804. The molecule has 1 atom stereocenters. The highest BCUT2D eigenvalue weighted by molar-refractivity contribution is 5.60. The van der Waals surface area contributed by atoms with E-state index in [1.807, 2.05) is 0 Å². The smallest absolute Gasteiger partial charge is 0.112 e. The molecule has 104 valence electrons. The number of unbranched alkanes of at least 4 members (excludes halogenated alkanes) is 3. The van der Waals surface area contributed by atoms with Gasteiger partial charge in [-0.1, -0.05) is 26.7 Å². The summed E-state index contributed by atoms with van der Waals surface area (Å²) in [6.45, 7) is 6.79. The number of carbonyl (C=O) groups excluding carboxylic acids is 1. The Bertz CT molecular complexity index is 278. The minimum absolute atomic E-state index is 0.972. The Morgan fingerprint density at radius 3 is 2.44 bits per heavy atom. The first-order valence-corrected chi connectivity index (χ1v) is 7.02. The molecule has 1 aliphatic rings. The molecule has 0 bridgehead atoms. The van der Waals surface area contributed by atoms with Crippen LogP contribution < -0.4 is 10.0 Å². The van der Waals surface area contributed by atoms with E-state index in [2.05, 4.69) is 32.2 Å². The van der Waals surface area contributed by atoms with Crippen LogP contribution in [0.1, 0.15) is 59.3 Å². The first-order valence-electron chi connectivity index (χ1n) is 7.02. The van der Waals surface area contributed by atoms with Crippen LogP contribution in [-0.4, -0.2) is 12.5 Å². The van der Waals surface area contributed by atoms with Crippen LogP contribution in [-0.2, 0) is 4.79 Å². The van der Waals surface area contributed by atoms with Crippen LogP contribution in [0.5, 0.6) is 0 Å². The second-order valence-electron chi connectivity index (χ2n) is 4.63. The second kappa shape index (κ2) is 11.0. The molecular weight excluding hydrogens is 226 g/mol. The molecule has 0 saturated carbocycles. The number of aliphatic carboxylic acids is 1. The van der Waals surface area contributed by atoms with Gasteiger partial charge in [0.25, 0.3) is 0 Å². The highest BCUT2D eigenvalue weighted by Gasteiger charge is 2.14. The summed E-state index contributed by atoms with van der Waals surface area (Å²) in [4.78, 5) is 10.5. The topological polar surface area (TPSA) is 44.6 Å². The Labute approximate surface area is 111 Å². The molecule has 0 fully saturated rings. The molecule has 0 spiro atoms. The summed E-state index contributed by atoms with van der Waals surface area (Å²) in [5.74, 6) is -1.08. The van der Waals surface area contributed by atoms with Gasteiger partial charge in [0.2, 0.25) is 0 Å². The number of quaternary nitrogens is 1. The van der Waals surface area contributed by atoms with Crippen LogP contribution in [0, 0.1) is 0 Å². The minimum Gasteiger partial charge on any atom is -0.550 e. The normalized spacial score (nSPS) is 17.1. The monoisotopic (exact) mass is 253 g/mol. The predicted octanol–water partition coefficient (Wildman–Crippen LogP) is 1.42. The molecule has 0 aromatic carbocycles. The van der Waals surface area contributed by atoms with Gasteiger partial charge in [0.05, 0.1) is 12.7 Å². The summed E-state index contributed by atoms with van der Waals surface area (Å²) in [5, 5.41) is 8.89. The first-order chi connectivity index (χ1) is 8.61. The maximum Gasteiger partial charge on any atom is 0.112 e. The largest absolute Gasteiger partial charge is 0.550 e. The van der Waals surface area contributed by atoms with Gasteiger partial charge in [-0.05, 0) is 32.3 Å². The van der Waals surface area contributed by atoms with Crippen molar-refractivity contribution in [1.82, 2.24) is 0 Å². The van der Waals surface area contributed by atoms with Crippen LogP contribution in [0.4, 0.5) is 0 Å². The van der Waals surface area contributed by atoms with Crippen molar-refractivity contribution in [3.63, 3.8) is 0 Å². The molecule has 0 saturated heterocycles. The van der Waals surface area contributed by atoms with Crippen molar-refractivity contribution in [2.75, 3.05) is 6.54 Å². The standard InChI is InChI=1S/C13H23N.C2H4O2/c1-3-5-6-7-11-14-12-8-10-13(14)9-4-2;1-2(3)4/h8,10,12H,3-7,9,11H2,1-2H3;1H3,(H,3,4). The average molecular weight is 253 g/mol. The van der Waals surface area contributed by atoms with Crippen LogP contribution in [0.3, 0.4) is 0 Å². The van der Waals surface area contributed by atoms with E-state index in [4.69, 9.17) is 9.90 Å². The van der Waals surface area contributed by atoms with Gasteiger partial charge in [-0.3, -0.25) is 4.90 Å². The van der Waals surface area contributed by atoms with Gasteiger partial charge in [-0.2, -0.15) is 0 Å². The van der Waals surface area contributed by atoms with Crippen molar-refractivity contribution in [2.45, 2.75) is 59.3 Å². The molecule has 1 unspecified atom stereocenters. The Morgan fingerprint density at radius 2 is 1.89 bits per heavy atom. The third-order valence-electron chi connectivity index (χ3n) is 2.83. The number of nitrogens with one attached hydrogen (secondary N) is 1. The third-order valence-corrected chi connectivity index (χ3v) is 2.83. The molecular formula is C15H27NO2. The molecule has 0 amide bonds. The van der Waals surface area contributed by atoms with E-state index in [9.17, 15) is 0 Å². The number of hydrogen-bond acceptors (Lipinski definition) is 2. The van der Waals surface area contributed by atoms with Gasteiger partial charge >= 0.3 is 0 Å². The van der Waals surface area contributed by atoms with Gasteiger partial charge in [-0.15, -0.1) is 0 Å². The Balaban J connectivity index is 0.000000631. The first kappa shape index (κ1) is 16.9. The lowest BCUT2D eigenvalue weighted by Crippen LogP contribution is -3.04. The number of carboxylic acids is 1. The summed E-state index contributed by atoms with van der Waals surface area (Å²) in [6, 6.07) is 0. The van der Waals surface area contributed by atoms with E-state index in [0.29, 0.717) is 0 Å². The van der Waals surface area contributed by atoms with Gasteiger partial charge in [-0.25, -0.2) is 0 Å². The fourth-order valence-electron chi connectivity index (χ4n) is 1.99. The lowest BCUT2D eigenvalue weighted by Gasteiger charge is -2.13. The Kier molecular flexibility index (Phi) is 10.4. The highest BCUT2D eigenvalue weighted by atomic mass is 16.4. The van der Waals surface area contributed by atoms with Crippen LogP contribution >= 0.6 is 0 Å². The number of hydrogen-bond donors (Lipinski definition) is 1. The van der Waals surface area contributed by atoms with Gasteiger partial charge < -0.3 is 9.90 Å². The number of allylic oxidation sites excluding steroid dienone is 3. The molecule has 1 heterocycles. The Hall–Kier alpha value is -1.09. The maximum absolute atomic E-state index is 8.89. The van der Waals surface area contributed by atoms with Crippen LogP contribution in [0.2, 0.25) is 0 Å². The molecule has 0 aromatic heterocycles. The fourth-order valence-corrected chi connectivity index (χ4v) is 1.99. The zero-order valence-corrected chi connectivity index (χ0v) is 12.0. The van der Waals surface area contributed by atoms with E-state index in [1.165, 1.54) is 45.1 Å². The average Bonchev–Trinajstić information content (AvgIpc) is 2.72. The van der Waals surface area contributed by atoms with Crippen molar-refractivity contribution in [2.24, 2.45) is 0 Å². The predicted molar refractivity (Wildman–Crippen MR) is 72.8 cm³/mol. The molecule has 0 aliphatic carbocycles. The maximum atomic E-state index is 8.89. The van der Waals surface area contributed by atoms with Crippen LogP contribution in [0.15, 0.2) is 24.0 Å². The number of carboxylic acid groups (broad SMARTS) is 1. The van der Waals surface area contributed by atoms with Gasteiger partial charge in [0.15, 0.2) is 0 Å². The van der Waals surface area contributed by atoms with Crippen molar-refractivity contribution in [3.8, 4) is 0 Å². The molecule has 18 heavy (non-hydrogen) atoms. The SMILES string of the molecule is CC(=O)[O-].CCCCCC[NH+]1C=CC=C1CCC. The van der Waals surface area contributed by atoms with E-state index < -0.39 is 5.97 Å².